The molecule has 0 amide bonds. The number of aliphatic imine (C=N–C) groups is 2. The van der Waals surface area contributed by atoms with Crippen LogP contribution in [0, 0.1) is 0 Å². The molecule has 0 atom stereocenters. The molecule has 2 N–H and O–H groups in total. The van der Waals surface area contributed by atoms with Crippen molar-refractivity contribution >= 4 is 22.6 Å². The zero-order valence-corrected chi connectivity index (χ0v) is 21.4. The van der Waals surface area contributed by atoms with E-state index in [1.165, 1.54) is 0 Å². The van der Waals surface area contributed by atoms with E-state index in [-0.39, 0.29) is 0 Å². The topological polar surface area (TPSA) is 80.4 Å². The van der Waals surface area contributed by atoms with E-state index >= 15 is 0 Å². The summed E-state index contributed by atoms with van der Waals surface area (Å²) in [4.78, 5) is 8.97. The number of furan rings is 1. The Morgan fingerprint density at radius 2 is 1.34 bits per heavy atom. The van der Waals surface area contributed by atoms with Crippen LogP contribution in [0.5, 0.6) is 11.5 Å². The molecule has 2 aliphatic rings. The van der Waals surface area contributed by atoms with Gasteiger partial charge in [0.05, 0.1) is 26.3 Å². The van der Waals surface area contributed by atoms with Crippen LogP contribution in [0.3, 0.4) is 0 Å². The maximum atomic E-state index is 6.15. The number of ether oxygens (including phenoxy) is 2. The molecule has 194 valence electrons. The van der Waals surface area contributed by atoms with E-state index in [2.05, 4.69) is 57.0 Å². The van der Waals surface area contributed by atoms with Gasteiger partial charge in [-0.3, -0.25) is 9.98 Å². The molecule has 0 aliphatic carbocycles. The van der Waals surface area contributed by atoms with E-state index in [1.807, 2.05) is 36.4 Å². The van der Waals surface area contributed by atoms with Crippen LogP contribution in [0.4, 0.5) is 0 Å². The first-order valence-electron chi connectivity index (χ1n) is 13.4. The molecule has 6 rings (SSSR count). The van der Waals surface area contributed by atoms with Crippen LogP contribution in [0.2, 0.25) is 0 Å². The summed E-state index contributed by atoms with van der Waals surface area (Å²) in [6.45, 7) is 4.84. The average molecular weight is 509 g/mol. The summed E-state index contributed by atoms with van der Waals surface area (Å²) in [6.07, 6.45) is 3.02. The molecule has 3 heterocycles. The lowest BCUT2D eigenvalue weighted by atomic mass is 10.1. The van der Waals surface area contributed by atoms with Gasteiger partial charge in [0.2, 0.25) is 0 Å². The van der Waals surface area contributed by atoms with Gasteiger partial charge in [0.15, 0.2) is 0 Å². The molecule has 38 heavy (non-hydrogen) atoms. The van der Waals surface area contributed by atoms with E-state index in [4.69, 9.17) is 13.9 Å². The van der Waals surface area contributed by atoms with Crippen molar-refractivity contribution in [1.82, 2.24) is 10.6 Å². The van der Waals surface area contributed by atoms with Crippen molar-refractivity contribution in [3.8, 4) is 22.8 Å². The van der Waals surface area contributed by atoms with Gasteiger partial charge in [-0.2, -0.15) is 0 Å². The van der Waals surface area contributed by atoms with Gasteiger partial charge >= 0.3 is 0 Å². The van der Waals surface area contributed by atoms with Crippen LogP contribution in [0.1, 0.15) is 30.4 Å². The van der Waals surface area contributed by atoms with Crippen LogP contribution in [0.15, 0.2) is 87.2 Å². The summed E-state index contributed by atoms with van der Waals surface area (Å²) in [5.74, 6) is 4.51. The second kappa shape index (κ2) is 11.4. The Morgan fingerprint density at radius 3 is 2.05 bits per heavy atom. The lowest BCUT2D eigenvalue weighted by Gasteiger charge is -2.09. The molecule has 0 spiro atoms. The molecule has 0 radical (unpaired) electrons. The normalized spacial score (nSPS) is 14.6. The van der Waals surface area contributed by atoms with Gasteiger partial charge < -0.3 is 24.5 Å². The molecule has 0 saturated heterocycles. The maximum absolute atomic E-state index is 6.15. The van der Waals surface area contributed by atoms with E-state index in [9.17, 15) is 0 Å². The van der Waals surface area contributed by atoms with Crippen molar-refractivity contribution in [3.05, 3.63) is 83.9 Å². The fourth-order valence-electron chi connectivity index (χ4n) is 4.71. The minimum absolute atomic E-state index is 0.686. The van der Waals surface area contributed by atoms with E-state index < -0.39 is 0 Å². The molecular formula is C31H32N4O3. The Kier molecular flexibility index (Phi) is 7.24. The molecule has 0 fully saturated rings. The summed E-state index contributed by atoms with van der Waals surface area (Å²) in [7, 11) is 0. The molecule has 7 nitrogen and oxygen atoms in total. The lowest BCUT2D eigenvalue weighted by Crippen LogP contribution is -2.19. The third-order valence-corrected chi connectivity index (χ3v) is 6.71. The van der Waals surface area contributed by atoms with Gasteiger partial charge in [0.1, 0.15) is 34.5 Å². The number of hydrogen-bond acceptors (Lipinski definition) is 7. The standard InChI is InChI=1S/C31H32N4O3/c1(3-18-37-27-6-4-5-24(19-27)30-32-13-14-33-30)2-17-36-26-11-9-22(10-12-26)28-20-23-7-8-25(21-29(23)38-28)31-34-15-16-35-31/h4-12,19-21H,1-3,13-18H2,(H,32,33)(H,34,35). The molecule has 2 aliphatic heterocycles. The van der Waals surface area contributed by atoms with Crippen LogP contribution in [-0.2, 0) is 0 Å². The summed E-state index contributed by atoms with van der Waals surface area (Å²) in [5, 5.41) is 7.70. The molecule has 1 aromatic heterocycles. The van der Waals surface area contributed by atoms with Crippen LogP contribution in [-0.4, -0.2) is 51.1 Å². The smallest absolute Gasteiger partial charge is 0.135 e. The summed E-state index contributed by atoms with van der Waals surface area (Å²) in [6, 6.07) is 24.5. The minimum Gasteiger partial charge on any atom is -0.494 e. The molecule has 3 aromatic carbocycles. The Labute approximate surface area is 222 Å². The average Bonchev–Trinajstić information content (AvgIpc) is 3.74. The molecule has 0 saturated carbocycles. The van der Waals surface area contributed by atoms with Crippen LogP contribution >= 0.6 is 0 Å². The van der Waals surface area contributed by atoms with Crippen molar-refractivity contribution in [2.75, 3.05) is 39.4 Å². The predicted octanol–water partition coefficient (Wildman–Crippen LogP) is 5.43. The number of hydrogen-bond donors (Lipinski definition) is 2. The highest BCUT2D eigenvalue weighted by Crippen LogP contribution is 2.30. The first kappa shape index (κ1) is 24.1. The van der Waals surface area contributed by atoms with Gasteiger partial charge in [0, 0.05) is 35.2 Å². The highest BCUT2D eigenvalue weighted by atomic mass is 16.5. The SMILES string of the molecule is c1cc(OCCCCCOc2ccc(-c3cc4ccc(C5=NCCN5)cc4o3)cc2)cc(C2=NCCN2)c1. The second-order valence-electron chi connectivity index (χ2n) is 9.49. The largest absolute Gasteiger partial charge is 0.494 e. The van der Waals surface area contributed by atoms with Crippen molar-refractivity contribution in [1.29, 1.82) is 0 Å². The first-order chi connectivity index (χ1) is 18.8. The molecule has 4 aromatic rings. The van der Waals surface area contributed by atoms with Gasteiger partial charge in [-0.05, 0) is 67.8 Å². The number of benzene rings is 3. The minimum atomic E-state index is 0.686. The number of fused-ring (bicyclic) bond motifs is 1. The quantitative estimate of drug-likeness (QED) is 0.264. The first-order valence-corrected chi connectivity index (χ1v) is 13.4. The van der Waals surface area contributed by atoms with E-state index in [0.717, 1.165) is 102 Å². The Balaban J connectivity index is 0.937. The third kappa shape index (κ3) is 5.67. The Bertz CT molecular complexity index is 1460. The number of rotatable bonds is 11. The number of amidine groups is 2. The Hall–Kier alpha value is -4.26. The Morgan fingerprint density at radius 1 is 0.658 bits per heavy atom. The highest BCUT2D eigenvalue weighted by Gasteiger charge is 2.12. The summed E-state index contributed by atoms with van der Waals surface area (Å²) >= 11 is 0. The predicted molar refractivity (Wildman–Crippen MR) is 152 cm³/mol. The number of nitrogens with zero attached hydrogens (tertiary/aromatic N) is 2. The van der Waals surface area contributed by atoms with E-state index in [0.29, 0.717) is 13.2 Å². The van der Waals surface area contributed by atoms with Gasteiger partial charge in [-0.25, -0.2) is 0 Å². The summed E-state index contributed by atoms with van der Waals surface area (Å²) in [5.41, 5.74) is 4.04. The lowest BCUT2D eigenvalue weighted by molar-refractivity contribution is 0.279. The molecule has 0 unspecified atom stereocenters. The molecular weight excluding hydrogens is 476 g/mol. The van der Waals surface area contributed by atoms with Crippen molar-refractivity contribution in [2.24, 2.45) is 9.98 Å². The third-order valence-electron chi connectivity index (χ3n) is 6.71. The van der Waals surface area contributed by atoms with Crippen LogP contribution in [0.25, 0.3) is 22.3 Å². The van der Waals surface area contributed by atoms with Gasteiger partial charge in [-0.1, -0.05) is 24.3 Å². The maximum Gasteiger partial charge on any atom is 0.135 e. The molecule has 7 heteroatoms. The van der Waals surface area contributed by atoms with Crippen molar-refractivity contribution in [3.63, 3.8) is 0 Å². The van der Waals surface area contributed by atoms with Gasteiger partial charge in [-0.15, -0.1) is 0 Å². The summed E-state index contributed by atoms with van der Waals surface area (Å²) < 4.78 is 18.0. The van der Waals surface area contributed by atoms with Gasteiger partial charge in [0.25, 0.3) is 0 Å². The zero-order valence-electron chi connectivity index (χ0n) is 21.4. The van der Waals surface area contributed by atoms with E-state index in [1.54, 1.807) is 0 Å². The number of unbranched alkanes of at least 4 members (excludes halogenated alkanes) is 2. The van der Waals surface area contributed by atoms with Crippen molar-refractivity contribution < 1.29 is 13.9 Å². The number of nitrogens with one attached hydrogen (secondary N) is 2. The fourth-order valence-corrected chi connectivity index (χ4v) is 4.71. The fraction of sp³-hybridized carbons (Fsp3) is 0.290. The zero-order chi connectivity index (χ0) is 25.6. The highest BCUT2D eigenvalue weighted by molar-refractivity contribution is 6.02. The van der Waals surface area contributed by atoms with Crippen molar-refractivity contribution in [2.45, 2.75) is 19.3 Å². The monoisotopic (exact) mass is 508 g/mol. The second-order valence-corrected chi connectivity index (χ2v) is 9.49. The molecule has 0 bridgehead atoms. The van der Waals surface area contributed by atoms with Crippen LogP contribution < -0.4 is 20.1 Å².